The molecule has 0 aliphatic carbocycles. The molecule has 3 atom stereocenters. The van der Waals surface area contributed by atoms with Crippen LogP contribution >= 0.6 is 0 Å². The SMILES string of the molecule is CCCCCCCCCCCCCCC(C(C)=O)C(=O)[O-].CCCCCCCCCCCCCCC(C(C)=O)C(=O)[O-].CCCCCCCCCCCCCCC(C(C)=O)C(=O)[O-].[Al+3]. The van der Waals surface area contributed by atoms with E-state index in [0.29, 0.717) is 19.3 Å². The Morgan fingerprint density at radius 3 is 0.500 bits per heavy atom. The Morgan fingerprint density at radius 2 is 0.391 bits per heavy atom. The van der Waals surface area contributed by atoms with Gasteiger partial charge in [-0.15, -0.1) is 0 Å². The van der Waals surface area contributed by atoms with Gasteiger partial charge in [0.1, 0.15) is 17.3 Å². The molecule has 0 aromatic heterocycles. The average Bonchev–Trinajstić information content (AvgIpc) is 3.22. The Labute approximate surface area is 404 Å². The molecular weight excluding hydrogens is 820 g/mol. The third-order valence-corrected chi connectivity index (χ3v) is 12.4. The predicted molar refractivity (Wildman–Crippen MR) is 260 cm³/mol. The van der Waals surface area contributed by atoms with Gasteiger partial charge in [-0.05, 0) is 40.0 Å². The minimum Gasteiger partial charge on any atom is -0.549 e. The van der Waals surface area contributed by atoms with Gasteiger partial charge in [0, 0.05) is 0 Å². The van der Waals surface area contributed by atoms with Crippen LogP contribution in [-0.4, -0.2) is 52.6 Å². The van der Waals surface area contributed by atoms with E-state index in [4.69, 9.17) is 0 Å². The molecule has 0 rings (SSSR count). The van der Waals surface area contributed by atoms with Crippen LogP contribution in [0.25, 0.3) is 0 Å². The number of carbonyl (C=O) groups is 6. The minimum atomic E-state index is -1.22. The zero-order valence-electron chi connectivity index (χ0n) is 42.6. The Morgan fingerprint density at radius 1 is 0.266 bits per heavy atom. The van der Waals surface area contributed by atoms with E-state index in [2.05, 4.69) is 20.8 Å². The van der Waals surface area contributed by atoms with Crippen LogP contribution in [0.2, 0.25) is 0 Å². The maximum absolute atomic E-state index is 11.1. The quantitative estimate of drug-likeness (QED) is 0.0327. The van der Waals surface area contributed by atoms with Gasteiger partial charge in [-0.3, -0.25) is 14.4 Å². The summed E-state index contributed by atoms with van der Waals surface area (Å²) in [6.45, 7) is 10.7. The third-order valence-electron chi connectivity index (χ3n) is 12.4. The number of hydrogen-bond donors (Lipinski definition) is 0. The number of carboxylic acids is 3. The van der Waals surface area contributed by atoms with Crippen LogP contribution in [0.5, 0.6) is 0 Å². The molecule has 9 nitrogen and oxygen atoms in total. The second-order valence-electron chi connectivity index (χ2n) is 18.5. The fourth-order valence-corrected chi connectivity index (χ4v) is 8.03. The van der Waals surface area contributed by atoms with Crippen LogP contribution in [0.15, 0.2) is 0 Å². The largest absolute Gasteiger partial charge is 3.00 e. The smallest absolute Gasteiger partial charge is 0.549 e. The summed E-state index contributed by atoms with van der Waals surface area (Å²) in [4.78, 5) is 65.5. The van der Waals surface area contributed by atoms with Gasteiger partial charge in [-0.2, -0.15) is 0 Å². The maximum Gasteiger partial charge on any atom is 3.00 e. The van der Waals surface area contributed by atoms with Crippen molar-refractivity contribution in [1.82, 2.24) is 0 Å². The van der Waals surface area contributed by atoms with Crippen molar-refractivity contribution in [3.8, 4) is 0 Å². The molecular formula is C54H99AlO9. The molecule has 0 saturated carbocycles. The van der Waals surface area contributed by atoms with Crippen molar-refractivity contribution in [3.63, 3.8) is 0 Å². The van der Waals surface area contributed by atoms with Crippen molar-refractivity contribution in [3.05, 3.63) is 0 Å². The van der Waals surface area contributed by atoms with E-state index in [1.54, 1.807) is 0 Å². The monoisotopic (exact) mass is 919 g/mol. The fourth-order valence-electron chi connectivity index (χ4n) is 8.03. The van der Waals surface area contributed by atoms with E-state index in [-0.39, 0.29) is 34.7 Å². The van der Waals surface area contributed by atoms with Crippen molar-refractivity contribution < 1.29 is 44.1 Å². The molecule has 0 aromatic rings. The standard InChI is InChI=1S/3C18H34O3.Al/c3*1-3-4-5-6-7-8-9-10-11-12-13-14-15-17(16(2)19)18(20)21;/h3*17H,3-15H2,1-2H3,(H,20,21);/q;;;+3/p-3. The summed E-state index contributed by atoms with van der Waals surface area (Å²) in [5.74, 6) is -7.18. The summed E-state index contributed by atoms with van der Waals surface area (Å²) in [5, 5.41) is 32.2. The summed E-state index contributed by atoms with van der Waals surface area (Å²) < 4.78 is 0. The molecule has 0 fully saturated rings. The second kappa shape index (κ2) is 53.6. The first-order valence-corrected chi connectivity index (χ1v) is 26.4. The van der Waals surface area contributed by atoms with Crippen molar-refractivity contribution in [2.24, 2.45) is 17.8 Å². The fraction of sp³-hybridized carbons (Fsp3) is 0.889. The number of rotatable bonds is 45. The molecule has 10 heteroatoms. The van der Waals surface area contributed by atoms with Crippen LogP contribution < -0.4 is 15.3 Å². The van der Waals surface area contributed by atoms with Crippen molar-refractivity contribution in [1.29, 1.82) is 0 Å². The van der Waals surface area contributed by atoms with Gasteiger partial charge < -0.3 is 29.7 Å². The number of unbranched alkanes of at least 4 members (excludes halogenated alkanes) is 33. The topological polar surface area (TPSA) is 172 Å². The maximum atomic E-state index is 11.1. The van der Waals surface area contributed by atoms with Gasteiger partial charge in [-0.1, -0.05) is 252 Å². The Kier molecular flexibility index (Phi) is 57.4. The molecule has 3 unspecified atom stereocenters. The number of ketones is 3. The van der Waals surface area contributed by atoms with Crippen LogP contribution in [0.3, 0.4) is 0 Å². The summed E-state index contributed by atoms with van der Waals surface area (Å²) in [6, 6.07) is 0. The Hall–Kier alpha value is -2.05. The molecule has 0 heterocycles. The first-order chi connectivity index (χ1) is 30.3. The van der Waals surface area contributed by atoms with Crippen LogP contribution in [-0.2, 0) is 28.8 Å². The molecule has 0 amide bonds. The summed E-state index contributed by atoms with van der Waals surface area (Å²) in [7, 11) is 0. The molecule has 0 spiro atoms. The summed E-state index contributed by atoms with van der Waals surface area (Å²) in [5.41, 5.74) is 0. The second-order valence-corrected chi connectivity index (χ2v) is 18.5. The van der Waals surface area contributed by atoms with Crippen molar-refractivity contribution in [2.75, 3.05) is 0 Å². The molecule has 64 heavy (non-hydrogen) atoms. The van der Waals surface area contributed by atoms with Crippen LogP contribution in [0.1, 0.15) is 292 Å². The van der Waals surface area contributed by atoms with Gasteiger partial charge >= 0.3 is 17.4 Å². The van der Waals surface area contributed by atoms with Crippen LogP contribution in [0.4, 0.5) is 0 Å². The number of carboxylic acid groups (broad SMARTS) is 3. The van der Waals surface area contributed by atoms with E-state index in [1.807, 2.05) is 0 Å². The van der Waals surface area contributed by atoms with E-state index < -0.39 is 35.7 Å². The third kappa shape index (κ3) is 50.9. The first-order valence-electron chi connectivity index (χ1n) is 26.4. The molecule has 0 aromatic carbocycles. The van der Waals surface area contributed by atoms with Gasteiger partial charge in [0.25, 0.3) is 0 Å². The van der Waals surface area contributed by atoms with E-state index in [1.165, 1.54) is 194 Å². The molecule has 0 radical (unpaired) electrons. The zero-order valence-corrected chi connectivity index (χ0v) is 43.7. The van der Waals surface area contributed by atoms with Gasteiger partial charge in [0.05, 0.1) is 35.7 Å². The number of aliphatic carboxylic acids is 3. The van der Waals surface area contributed by atoms with Gasteiger partial charge in [0.2, 0.25) is 0 Å². The van der Waals surface area contributed by atoms with E-state index in [0.717, 1.165) is 57.8 Å². The summed E-state index contributed by atoms with van der Waals surface area (Å²) in [6.07, 6.45) is 46.2. The molecule has 0 saturated heterocycles. The molecule has 0 N–H and O–H groups in total. The molecule has 372 valence electrons. The van der Waals surface area contributed by atoms with Crippen molar-refractivity contribution >= 4 is 52.6 Å². The normalized spacial score (nSPS) is 12.1. The average molecular weight is 919 g/mol. The van der Waals surface area contributed by atoms with Crippen molar-refractivity contribution in [2.45, 2.75) is 292 Å². The van der Waals surface area contributed by atoms with Gasteiger partial charge in [0.15, 0.2) is 0 Å². The number of Topliss-reactive ketones (excluding diaryl/α,β-unsaturated/α-hetero) is 3. The summed E-state index contributed by atoms with van der Waals surface area (Å²) >= 11 is 0. The van der Waals surface area contributed by atoms with Crippen LogP contribution in [0, 0.1) is 17.8 Å². The Balaban J connectivity index is -0.000000419. The van der Waals surface area contributed by atoms with E-state index in [9.17, 15) is 44.1 Å². The molecule has 0 aliphatic heterocycles. The minimum absolute atomic E-state index is 0. The number of carbonyl (C=O) groups excluding carboxylic acids is 6. The van der Waals surface area contributed by atoms with E-state index >= 15 is 0 Å². The molecule has 0 bridgehead atoms. The number of hydrogen-bond acceptors (Lipinski definition) is 9. The Bertz CT molecular complexity index is 919. The molecule has 0 aliphatic rings. The zero-order chi connectivity index (χ0) is 47.8. The predicted octanol–water partition coefficient (Wildman–Crippen LogP) is 11.7. The van der Waals surface area contributed by atoms with Gasteiger partial charge in [-0.25, -0.2) is 0 Å². The first kappa shape index (κ1) is 68.5.